The van der Waals surface area contributed by atoms with Crippen LogP contribution < -0.4 is 5.32 Å². The molecule has 0 radical (unpaired) electrons. The number of hydrogen-bond acceptors (Lipinski definition) is 3. The van der Waals surface area contributed by atoms with Gasteiger partial charge in [-0.1, -0.05) is 19.1 Å². The lowest BCUT2D eigenvalue weighted by molar-refractivity contribution is -0.108. The quantitative estimate of drug-likeness (QED) is 0.573. The molecule has 0 aromatic heterocycles. The average Bonchev–Trinajstić information content (AvgIpc) is 2.54. The molecule has 0 spiro atoms. The fourth-order valence-corrected chi connectivity index (χ4v) is 1.70. The number of rotatable bonds is 2. The Kier molecular flexibility index (Phi) is 2.11. The van der Waals surface area contributed by atoms with Gasteiger partial charge >= 0.3 is 0 Å². The molecule has 0 saturated heterocycles. The van der Waals surface area contributed by atoms with Crippen LogP contribution in [0.15, 0.2) is 18.2 Å². The SMILES string of the molecule is CC(C=O)c1cccc2c1C(=O)NC2=O. The highest BCUT2D eigenvalue weighted by molar-refractivity contribution is 6.22. The first-order chi connectivity index (χ1) is 7.15. The third-order valence-corrected chi connectivity index (χ3v) is 2.49. The molecule has 2 amide bonds. The Hall–Kier alpha value is -1.97. The van der Waals surface area contributed by atoms with Crippen LogP contribution in [0.5, 0.6) is 0 Å². The van der Waals surface area contributed by atoms with Gasteiger partial charge in [0.05, 0.1) is 11.1 Å². The Morgan fingerprint density at radius 3 is 2.67 bits per heavy atom. The van der Waals surface area contributed by atoms with E-state index < -0.39 is 11.8 Å². The standard InChI is InChI=1S/C11H9NO3/c1-6(5-13)7-3-2-4-8-9(7)11(15)12-10(8)14/h2-6H,1H3,(H,12,14,15). The molecule has 4 nitrogen and oxygen atoms in total. The molecule has 0 fully saturated rings. The van der Waals surface area contributed by atoms with Crippen LogP contribution in [-0.2, 0) is 4.79 Å². The first-order valence-electron chi connectivity index (χ1n) is 4.59. The zero-order valence-corrected chi connectivity index (χ0v) is 8.11. The Morgan fingerprint density at radius 1 is 1.27 bits per heavy atom. The van der Waals surface area contributed by atoms with E-state index in [0.29, 0.717) is 16.7 Å². The van der Waals surface area contributed by atoms with Crippen LogP contribution in [0.2, 0.25) is 0 Å². The molecule has 4 heteroatoms. The van der Waals surface area contributed by atoms with E-state index >= 15 is 0 Å². The summed E-state index contributed by atoms with van der Waals surface area (Å²) >= 11 is 0. The fraction of sp³-hybridized carbons (Fsp3) is 0.182. The van der Waals surface area contributed by atoms with Crippen LogP contribution in [0, 0.1) is 0 Å². The van der Waals surface area contributed by atoms with Gasteiger partial charge < -0.3 is 4.79 Å². The summed E-state index contributed by atoms with van der Waals surface area (Å²) in [5.74, 6) is -1.19. The lowest BCUT2D eigenvalue weighted by atomic mass is 9.94. The van der Waals surface area contributed by atoms with Gasteiger partial charge in [-0.2, -0.15) is 0 Å². The van der Waals surface area contributed by atoms with Crippen LogP contribution in [0.4, 0.5) is 0 Å². The molecule has 2 rings (SSSR count). The summed E-state index contributed by atoms with van der Waals surface area (Å²) in [5, 5.41) is 2.21. The molecule has 1 atom stereocenters. The van der Waals surface area contributed by atoms with Crippen molar-refractivity contribution < 1.29 is 14.4 Å². The molecule has 1 N–H and O–H groups in total. The summed E-state index contributed by atoms with van der Waals surface area (Å²) in [6.07, 6.45) is 0.756. The molecular weight excluding hydrogens is 194 g/mol. The van der Waals surface area contributed by atoms with Gasteiger partial charge in [0.2, 0.25) is 0 Å². The maximum atomic E-state index is 11.5. The molecule has 1 aliphatic heterocycles. The molecular formula is C11H9NO3. The molecule has 1 aromatic carbocycles. The van der Waals surface area contributed by atoms with E-state index in [9.17, 15) is 14.4 Å². The summed E-state index contributed by atoms with van der Waals surface area (Å²) in [4.78, 5) is 33.5. The third-order valence-electron chi connectivity index (χ3n) is 2.49. The van der Waals surface area contributed by atoms with Gasteiger partial charge in [-0.3, -0.25) is 14.9 Å². The second-order valence-corrected chi connectivity index (χ2v) is 3.48. The average molecular weight is 203 g/mol. The van der Waals surface area contributed by atoms with Crippen LogP contribution >= 0.6 is 0 Å². The van der Waals surface area contributed by atoms with Gasteiger partial charge in [-0.05, 0) is 11.6 Å². The van der Waals surface area contributed by atoms with Crippen molar-refractivity contribution >= 4 is 18.1 Å². The molecule has 76 valence electrons. The first-order valence-corrected chi connectivity index (χ1v) is 4.59. The predicted molar refractivity (Wildman–Crippen MR) is 52.7 cm³/mol. The minimum absolute atomic E-state index is 0.335. The highest BCUT2D eigenvalue weighted by Gasteiger charge is 2.30. The number of amides is 2. The zero-order chi connectivity index (χ0) is 11.0. The van der Waals surface area contributed by atoms with Gasteiger partial charge in [-0.25, -0.2) is 0 Å². The van der Waals surface area contributed by atoms with Crippen molar-refractivity contribution in [2.45, 2.75) is 12.8 Å². The minimum atomic E-state index is -0.417. The molecule has 0 saturated carbocycles. The molecule has 1 aromatic rings. The van der Waals surface area contributed by atoms with E-state index in [1.807, 2.05) is 0 Å². The number of carbonyl (C=O) groups excluding carboxylic acids is 3. The summed E-state index contributed by atoms with van der Waals surface area (Å²) in [6.45, 7) is 1.69. The number of aldehydes is 1. The number of imide groups is 1. The van der Waals surface area contributed by atoms with Crippen molar-refractivity contribution in [3.63, 3.8) is 0 Å². The lowest BCUT2D eigenvalue weighted by Crippen LogP contribution is -2.20. The van der Waals surface area contributed by atoms with Crippen LogP contribution in [0.3, 0.4) is 0 Å². The van der Waals surface area contributed by atoms with Crippen molar-refractivity contribution in [1.29, 1.82) is 0 Å². The Balaban J connectivity index is 2.65. The largest absolute Gasteiger partial charge is 0.303 e. The van der Waals surface area contributed by atoms with E-state index in [0.717, 1.165) is 6.29 Å². The predicted octanol–water partition coefficient (Wildman–Crippen LogP) is 0.873. The Bertz CT molecular complexity index is 465. The van der Waals surface area contributed by atoms with E-state index in [-0.39, 0.29) is 5.92 Å². The van der Waals surface area contributed by atoms with E-state index in [1.54, 1.807) is 25.1 Å². The summed E-state index contributed by atoms with van der Waals surface area (Å²) < 4.78 is 0. The Morgan fingerprint density at radius 2 is 2.00 bits per heavy atom. The van der Waals surface area contributed by atoms with Crippen molar-refractivity contribution in [2.24, 2.45) is 0 Å². The maximum absolute atomic E-state index is 11.5. The zero-order valence-electron chi connectivity index (χ0n) is 8.11. The van der Waals surface area contributed by atoms with Crippen molar-refractivity contribution in [3.05, 3.63) is 34.9 Å². The molecule has 0 bridgehead atoms. The molecule has 1 heterocycles. The molecule has 1 aliphatic rings. The number of benzene rings is 1. The topological polar surface area (TPSA) is 63.2 Å². The van der Waals surface area contributed by atoms with Gasteiger partial charge in [0.1, 0.15) is 6.29 Å². The van der Waals surface area contributed by atoms with E-state index in [4.69, 9.17) is 0 Å². The van der Waals surface area contributed by atoms with E-state index in [2.05, 4.69) is 5.32 Å². The van der Waals surface area contributed by atoms with Crippen molar-refractivity contribution in [1.82, 2.24) is 5.32 Å². The second kappa shape index (κ2) is 3.31. The molecule has 0 aliphatic carbocycles. The lowest BCUT2D eigenvalue weighted by Gasteiger charge is -2.07. The van der Waals surface area contributed by atoms with Gasteiger partial charge in [0.25, 0.3) is 11.8 Å². The third kappa shape index (κ3) is 1.34. The summed E-state index contributed by atoms with van der Waals surface area (Å²) in [6, 6.07) is 4.94. The number of carbonyl (C=O) groups is 3. The monoisotopic (exact) mass is 203 g/mol. The first kappa shape index (κ1) is 9.58. The number of hydrogen-bond donors (Lipinski definition) is 1. The van der Waals surface area contributed by atoms with Crippen LogP contribution in [-0.4, -0.2) is 18.1 Å². The van der Waals surface area contributed by atoms with Gasteiger partial charge in [0.15, 0.2) is 0 Å². The number of nitrogens with one attached hydrogen (secondary N) is 1. The van der Waals surface area contributed by atoms with Gasteiger partial charge in [0, 0.05) is 5.92 Å². The van der Waals surface area contributed by atoms with E-state index in [1.165, 1.54) is 0 Å². The van der Waals surface area contributed by atoms with Gasteiger partial charge in [-0.15, -0.1) is 0 Å². The van der Waals surface area contributed by atoms with Crippen LogP contribution in [0.1, 0.15) is 39.1 Å². The second-order valence-electron chi connectivity index (χ2n) is 3.48. The van der Waals surface area contributed by atoms with Crippen LogP contribution in [0.25, 0.3) is 0 Å². The number of fused-ring (bicyclic) bond motifs is 1. The smallest absolute Gasteiger partial charge is 0.259 e. The Labute approximate surface area is 86.3 Å². The highest BCUT2D eigenvalue weighted by atomic mass is 16.2. The normalized spacial score (nSPS) is 15.8. The fourth-order valence-electron chi connectivity index (χ4n) is 1.70. The molecule has 15 heavy (non-hydrogen) atoms. The van der Waals surface area contributed by atoms with Crippen molar-refractivity contribution in [2.75, 3.05) is 0 Å². The highest BCUT2D eigenvalue weighted by Crippen LogP contribution is 2.25. The maximum Gasteiger partial charge on any atom is 0.259 e. The van der Waals surface area contributed by atoms with Crippen molar-refractivity contribution in [3.8, 4) is 0 Å². The summed E-state index contributed by atoms with van der Waals surface area (Å²) in [5.41, 5.74) is 1.29. The minimum Gasteiger partial charge on any atom is -0.303 e. The summed E-state index contributed by atoms with van der Waals surface area (Å²) in [7, 11) is 0. The molecule has 1 unspecified atom stereocenters.